The molecule has 0 unspecified atom stereocenters. The maximum absolute atomic E-state index is 11.8. The van der Waals surface area contributed by atoms with Gasteiger partial charge < -0.3 is 14.6 Å². The lowest BCUT2D eigenvalue weighted by atomic mass is 9.95. The Labute approximate surface area is 152 Å². The van der Waals surface area contributed by atoms with Crippen LogP contribution in [0.2, 0.25) is 0 Å². The van der Waals surface area contributed by atoms with Crippen molar-refractivity contribution in [3.05, 3.63) is 24.2 Å². The van der Waals surface area contributed by atoms with Crippen LogP contribution in [0.25, 0.3) is 11.2 Å². The van der Waals surface area contributed by atoms with E-state index >= 15 is 0 Å². The van der Waals surface area contributed by atoms with E-state index in [1.807, 2.05) is 18.3 Å². The van der Waals surface area contributed by atoms with Gasteiger partial charge in [0.2, 0.25) is 5.91 Å². The average Bonchev–Trinajstić information content (AvgIpc) is 3.01. The number of thioether (sulfide) groups is 1. The molecule has 0 spiro atoms. The first-order valence-corrected chi connectivity index (χ1v) is 10.1. The molecule has 0 aromatic carbocycles. The molecule has 1 N–H and O–H groups in total. The number of nitrogens with one attached hydrogen (secondary N) is 1. The second kappa shape index (κ2) is 9.20. The lowest BCUT2D eigenvalue weighted by Crippen LogP contribution is -2.28. The number of imidazole rings is 1. The van der Waals surface area contributed by atoms with Gasteiger partial charge in [-0.15, -0.1) is 11.8 Å². The highest BCUT2D eigenvalue weighted by molar-refractivity contribution is 7.99. The Morgan fingerprint density at radius 1 is 1.40 bits per heavy atom. The number of carbonyl (C=O) groups is 1. The molecule has 6 nitrogen and oxygen atoms in total. The van der Waals surface area contributed by atoms with Crippen LogP contribution in [0.3, 0.4) is 0 Å². The van der Waals surface area contributed by atoms with Crippen LogP contribution < -0.4 is 5.32 Å². The molecule has 0 aliphatic heterocycles. The van der Waals surface area contributed by atoms with Gasteiger partial charge in [-0.1, -0.05) is 19.3 Å². The van der Waals surface area contributed by atoms with Gasteiger partial charge in [0.25, 0.3) is 0 Å². The fraction of sp³-hybridized carbons (Fsp3) is 0.611. The van der Waals surface area contributed by atoms with Crippen LogP contribution in [-0.2, 0) is 15.3 Å². The largest absolute Gasteiger partial charge is 0.383 e. The Morgan fingerprint density at radius 3 is 3.04 bits per heavy atom. The highest BCUT2D eigenvalue weighted by atomic mass is 32.2. The maximum atomic E-state index is 11.8. The third kappa shape index (κ3) is 4.73. The fourth-order valence-electron chi connectivity index (χ4n) is 3.38. The van der Waals surface area contributed by atoms with E-state index in [1.165, 1.54) is 32.1 Å². The predicted octanol–water partition coefficient (Wildman–Crippen LogP) is 2.93. The maximum Gasteiger partial charge on any atom is 0.230 e. The predicted molar refractivity (Wildman–Crippen MR) is 101 cm³/mol. The number of ether oxygens (including phenoxy) is 1. The van der Waals surface area contributed by atoms with Crippen molar-refractivity contribution in [2.24, 2.45) is 0 Å². The number of aromatic nitrogens is 3. The summed E-state index contributed by atoms with van der Waals surface area (Å²) in [4.78, 5) is 21.2. The van der Waals surface area contributed by atoms with Gasteiger partial charge in [-0.3, -0.25) is 4.79 Å². The van der Waals surface area contributed by atoms with E-state index < -0.39 is 0 Å². The van der Waals surface area contributed by atoms with Crippen molar-refractivity contribution in [1.82, 2.24) is 19.9 Å². The van der Waals surface area contributed by atoms with E-state index in [-0.39, 0.29) is 5.91 Å². The minimum absolute atomic E-state index is 0.0421. The number of nitrogens with zero attached hydrogens (tertiary/aromatic N) is 3. The van der Waals surface area contributed by atoms with Crippen molar-refractivity contribution in [3.8, 4) is 0 Å². The minimum atomic E-state index is 0.0421. The Kier molecular flexibility index (Phi) is 6.69. The minimum Gasteiger partial charge on any atom is -0.383 e. The van der Waals surface area contributed by atoms with E-state index in [4.69, 9.17) is 9.72 Å². The van der Waals surface area contributed by atoms with Gasteiger partial charge in [0.1, 0.15) is 11.3 Å². The lowest BCUT2D eigenvalue weighted by Gasteiger charge is -2.25. The topological polar surface area (TPSA) is 69.0 Å². The number of pyridine rings is 1. The molecular weight excluding hydrogens is 336 g/mol. The van der Waals surface area contributed by atoms with E-state index in [1.54, 1.807) is 18.9 Å². The molecule has 0 radical (unpaired) electrons. The summed E-state index contributed by atoms with van der Waals surface area (Å²) >= 11 is 1.60. The van der Waals surface area contributed by atoms with Gasteiger partial charge in [0.05, 0.1) is 18.1 Å². The Hall–Kier alpha value is -1.60. The Morgan fingerprint density at radius 2 is 2.24 bits per heavy atom. The third-order valence-corrected chi connectivity index (χ3v) is 5.48. The van der Waals surface area contributed by atoms with Gasteiger partial charge in [0.15, 0.2) is 5.65 Å². The van der Waals surface area contributed by atoms with Crippen molar-refractivity contribution in [3.63, 3.8) is 0 Å². The van der Waals surface area contributed by atoms with E-state index in [2.05, 4.69) is 14.9 Å². The normalized spacial score (nSPS) is 15.6. The molecule has 1 aliphatic carbocycles. The number of hydrogen-bond donors (Lipinski definition) is 1. The van der Waals surface area contributed by atoms with Crippen molar-refractivity contribution < 1.29 is 9.53 Å². The highest BCUT2D eigenvalue weighted by Gasteiger charge is 2.22. The first-order valence-electron chi connectivity index (χ1n) is 8.95. The van der Waals surface area contributed by atoms with Gasteiger partial charge in [-0.25, -0.2) is 9.97 Å². The molecule has 136 valence electrons. The number of fused-ring (bicyclic) bond motifs is 1. The summed E-state index contributed by atoms with van der Waals surface area (Å²) in [6.07, 6.45) is 8.08. The number of rotatable bonds is 8. The van der Waals surface area contributed by atoms with Crippen LogP contribution >= 0.6 is 11.8 Å². The fourth-order valence-corrected chi connectivity index (χ4v) is 4.16. The second-order valence-electron chi connectivity index (χ2n) is 6.37. The molecule has 2 heterocycles. The summed E-state index contributed by atoms with van der Waals surface area (Å²) in [6.45, 7) is 1.10. The number of amides is 1. The van der Waals surface area contributed by atoms with Crippen LogP contribution in [0, 0.1) is 0 Å². The summed E-state index contributed by atoms with van der Waals surface area (Å²) < 4.78 is 7.26. The monoisotopic (exact) mass is 362 g/mol. The highest BCUT2D eigenvalue weighted by Crippen LogP contribution is 2.32. The molecular formula is C18H26N4O2S. The second-order valence-corrected chi connectivity index (χ2v) is 7.36. The average molecular weight is 362 g/mol. The first kappa shape index (κ1) is 18.2. The molecule has 2 aromatic rings. The zero-order valence-electron chi connectivity index (χ0n) is 14.7. The molecule has 1 amide bonds. The molecule has 25 heavy (non-hydrogen) atoms. The molecule has 1 aliphatic rings. The summed E-state index contributed by atoms with van der Waals surface area (Å²) in [5.41, 5.74) is 1.93. The summed E-state index contributed by atoms with van der Waals surface area (Å²) in [6, 6.07) is 4.44. The number of hydrogen-bond acceptors (Lipinski definition) is 5. The van der Waals surface area contributed by atoms with Gasteiger partial charge >= 0.3 is 0 Å². The SMILES string of the molecule is COCCNC(=O)CSCc1nc2cccnc2n1C1CCCCC1. The van der Waals surface area contributed by atoms with E-state index in [9.17, 15) is 4.79 Å². The summed E-state index contributed by atoms with van der Waals surface area (Å²) in [7, 11) is 1.63. The molecule has 3 rings (SSSR count). The molecule has 1 fully saturated rings. The van der Waals surface area contributed by atoms with Crippen molar-refractivity contribution in [2.45, 2.75) is 43.9 Å². The van der Waals surface area contributed by atoms with Crippen LogP contribution in [0.15, 0.2) is 18.3 Å². The molecule has 7 heteroatoms. The van der Waals surface area contributed by atoms with Crippen LogP contribution in [-0.4, -0.2) is 46.5 Å². The van der Waals surface area contributed by atoms with Crippen molar-refractivity contribution in [1.29, 1.82) is 0 Å². The third-order valence-electron chi connectivity index (χ3n) is 4.55. The lowest BCUT2D eigenvalue weighted by molar-refractivity contribution is -0.118. The van der Waals surface area contributed by atoms with Crippen molar-refractivity contribution in [2.75, 3.05) is 26.0 Å². The number of carbonyl (C=O) groups excluding carboxylic acids is 1. The zero-order chi connectivity index (χ0) is 17.5. The summed E-state index contributed by atoms with van der Waals surface area (Å²) in [5.74, 6) is 2.24. The standard InChI is InChI=1S/C18H26N4O2S/c1-24-11-10-19-17(23)13-25-12-16-21-15-8-5-9-20-18(15)22(16)14-6-3-2-4-7-14/h5,8-9,14H,2-4,6-7,10-13H2,1H3,(H,19,23). The Bertz CT molecular complexity index is 697. The molecule has 0 atom stereocenters. The van der Waals surface area contributed by atoms with Gasteiger partial charge in [-0.2, -0.15) is 0 Å². The van der Waals surface area contributed by atoms with Crippen molar-refractivity contribution >= 4 is 28.8 Å². The smallest absolute Gasteiger partial charge is 0.230 e. The van der Waals surface area contributed by atoms with Crippen LogP contribution in [0.5, 0.6) is 0 Å². The van der Waals surface area contributed by atoms with Crippen LogP contribution in [0.1, 0.15) is 44.0 Å². The quantitative estimate of drug-likeness (QED) is 0.731. The molecule has 2 aromatic heterocycles. The molecule has 1 saturated carbocycles. The molecule has 0 bridgehead atoms. The molecule has 0 saturated heterocycles. The van der Waals surface area contributed by atoms with Gasteiger partial charge in [0, 0.05) is 25.9 Å². The number of methoxy groups -OCH3 is 1. The first-order chi connectivity index (χ1) is 12.3. The Balaban J connectivity index is 1.67. The van der Waals surface area contributed by atoms with E-state index in [0.29, 0.717) is 24.9 Å². The zero-order valence-corrected chi connectivity index (χ0v) is 15.6. The van der Waals surface area contributed by atoms with Gasteiger partial charge in [-0.05, 0) is 25.0 Å². The van der Waals surface area contributed by atoms with Crippen LogP contribution in [0.4, 0.5) is 0 Å². The summed E-state index contributed by atoms with van der Waals surface area (Å²) in [5, 5.41) is 2.85. The van der Waals surface area contributed by atoms with E-state index in [0.717, 1.165) is 22.7 Å².